The molecular formula is C31H50O3. The monoisotopic (exact) mass is 470 g/mol. The van der Waals surface area contributed by atoms with E-state index in [1.165, 1.54) is 51.2 Å². The molecule has 0 spiro atoms. The molecule has 0 N–H and O–H groups in total. The molecule has 1 fully saturated rings. The summed E-state index contributed by atoms with van der Waals surface area (Å²) in [6, 6.07) is 8.52. The van der Waals surface area contributed by atoms with E-state index in [1.807, 2.05) is 13.8 Å². The van der Waals surface area contributed by atoms with Gasteiger partial charge < -0.3 is 9.47 Å². The minimum Gasteiger partial charge on any atom is -0.497 e. The van der Waals surface area contributed by atoms with Crippen molar-refractivity contribution in [3.8, 4) is 5.75 Å². The number of allylic oxidation sites excluding steroid dienone is 4. The molecule has 1 aliphatic rings. The van der Waals surface area contributed by atoms with E-state index < -0.39 is 0 Å². The molecule has 0 radical (unpaired) electrons. The molecule has 3 atom stereocenters. The number of esters is 1. The van der Waals surface area contributed by atoms with E-state index in [9.17, 15) is 4.79 Å². The number of ether oxygens (including phenoxy) is 2. The van der Waals surface area contributed by atoms with Crippen molar-refractivity contribution in [2.75, 3.05) is 14.2 Å². The van der Waals surface area contributed by atoms with Gasteiger partial charge in [0.1, 0.15) is 5.75 Å². The second kappa shape index (κ2) is 17.4. The summed E-state index contributed by atoms with van der Waals surface area (Å²) in [5.41, 5.74) is 1.64. The lowest BCUT2D eigenvalue weighted by molar-refractivity contribution is -0.140. The maximum Gasteiger partial charge on any atom is 0.305 e. The number of rotatable bonds is 14. The number of aryl methyl sites for hydroxylation is 1. The third kappa shape index (κ3) is 11.4. The number of carbonyl (C=O) groups excluding carboxylic acids is 1. The average molecular weight is 471 g/mol. The van der Waals surface area contributed by atoms with E-state index >= 15 is 0 Å². The van der Waals surface area contributed by atoms with Crippen LogP contribution in [0.15, 0.2) is 48.6 Å². The van der Waals surface area contributed by atoms with Crippen LogP contribution in [0.2, 0.25) is 0 Å². The Bertz CT molecular complexity index is 719. The molecule has 0 saturated heterocycles. The van der Waals surface area contributed by atoms with Gasteiger partial charge in [0.15, 0.2) is 0 Å². The van der Waals surface area contributed by atoms with Crippen molar-refractivity contribution >= 4 is 5.97 Å². The minimum absolute atomic E-state index is 0.110. The molecule has 0 heterocycles. The first-order chi connectivity index (χ1) is 16.5. The molecule has 1 aliphatic carbocycles. The van der Waals surface area contributed by atoms with E-state index in [-0.39, 0.29) is 11.4 Å². The van der Waals surface area contributed by atoms with Crippen molar-refractivity contribution < 1.29 is 14.3 Å². The zero-order valence-corrected chi connectivity index (χ0v) is 22.8. The van der Waals surface area contributed by atoms with Crippen molar-refractivity contribution in [3.63, 3.8) is 0 Å². The van der Waals surface area contributed by atoms with Crippen molar-refractivity contribution in [1.29, 1.82) is 0 Å². The zero-order valence-electron chi connectivity index (χ0n) is 22.8. The summed E-state index contributed by atoms with van der Waals surface area (Å²) < 4.78 is 9.99. The number of methoxy groups -OCH3 is 2. The van der Waals surface area contributed by atoms with Crippen LogP contribution in [0.4, 0.5) is 0 Å². The Hall–Kier alpha value is -2.03. The predicted molar refractivity (Wildman–Crippen MR) is 145 cm³/mol. The van der Waals surface area contributed by atoms with Crippen LogP contribution in [0.1, 0.15) is 97.5 Å². The molecule has 34 heavy (non-hydrogen) atoms. The van der Waals surface area contributed by atoms with Gasteiger partial charge in [-0.3, -0.25) is 4.79 Å². The summed E-state index contributed by atoms with van der Waals surface area (Å²) >= 11 is 0. The van der Waals surface area contributed by atoms with Gasteiger partial charge in [-0.25, -0.2) is 0 Å². The standard InChI is InChI=1S/C29H44O3.C2H6/c1-5-21-29(2,22-19-24-15-17-27(31-3)18-16-24)23-20-26-13-10-12-25(26)11-8-6-7-9-14-28(30)32-4;1-2/h6,8,15-18,20,23,25-26H,5,7,9-14,19,21-22H2,1-4H3;1-2H3/b8-6-,23-20+;/t25-,26?,29?;/m0./s1. The van der Waals surface area contributed by atoms with E-state index in [1.54, 1.807) is 7.11 Å². The van der Waals surface area contributed by atoms with Crippen molar-refractivity contribution in [3.05, 3.63) is 54.1 Å². The van der Waals surface area contributed by atoms with Gasteiger partial charge in [0.25, 0.3) is 0 Å². The fourth-order valence-electron chi connectivity index (χ4n) is 4.91. The van der Waals surface area contributed by atoms with Crippen LogP contribution >= 0.6 is 0 Å². The maximum absolute atomic E-state index is 11.2. The van der Waals surface area contributed by atoms with Crippen molar-refractivity contribution in [2.24, 2.45) is 17.3 Å². The Morgan fingerprint density at radius 2 is 1.82 bits per heavy atom. The van der Waals surface area contributed by atoms with Gasteiger partial charge in [-0.1, -0.05) is 77.0 Å². The number of unbranched alkanes of at least 4 members (excludes halogenated alkanes) is 1. The van der Waals surface area contributed by atoms with E-state index in [4.69, 9.17) is 9.47 Å². The highest BCUT2D eigenvalue weighted by Crippen LogP contribution is 2.38. The van der Waals surface area contributed by atoms with E-state index in [0.717, 1.165) is 37.4 Å². The second-order valence-electron chi connectivity index (χ2n) is 9.64. The van der Waals surface area contributed by atoms with Crippen molar-refractivity contribution in [2.45, 2.75) is 98.3 Å². The molecule has 2 unspecified atom stereocenters. The van der Waals surface area contributed by atoms with E-state index in [2.05, 4.69) is 62.4 Å². The lowest BCUT2D eigenvalue weighted by Gasteiger charge is -2.27. The molecule has 1 saturated carbocycles. The van der Waals surface area contributed by atoms with Gasteiger partial charge in [-0.05, 0) is 86.3 Å². The molecular weight excluding hydrogens is 420 g/mol. The van der Waals surface area contributed by atoms with Gasteiger partial charge in [0.2, 0.25) is 0 Å². The molecule has 0 aliphatic heterocycles. The fourth-order valence-corrected chi connectivity index (χ4v) is 4.91. The minimum atomic E-state index is -0.110. The predicted octanol–water partition coefficient (Wildman–Crippen LogP) is 8.72. The number of hydrogen-bond acceptors (Lipinski definition) is 3. The maximum atomic E-state index is 11.2. The summed E-state index contributed by atoms with van der Waals surface area (Å²) in [6.45, 7) is 8.73. The van der Waals surface area contributed by atoms with Crippen molar-refractivity contribution in [1.82, 2.24) is 0 Å². The smallest absolute Gasteiger partial charge is 0.305 e. The van der Waals surface area contributed by atoms with Gasteiger partial charge in [-0.15, -0.1) is 0 Å². The SMILES string of the molecule is CC.CCCC(C)(/C=C/C1CCC[C@@H]1C/C=C\CCCC(=O)OC)CCc1ccc(OC)cc1. The molecule has 1 aromatic carbocycles. The highest BCUT2D eigenvalue weighted by Gasteiger charge is 2.26. The number of carbonyl (C=O) groups is 1. The third-order valence-electron chi connectivity index (χ3n) is 7.01. The molecule has 0 amide bonds. The van der Waals surface area contributed by atoms with Crippen LogP contribution in [0.5, 0.6) is 5.75 Å². The first-order valence-corrected chi connectivity index (χ1v) is 13.5. The Kier molecular flexibility index (Phi) is 15.4. The van der Waals surface area contributed by atoms with Crippen LogP contribution in [-0.4, -0.2) is 20.2 Å². The summed E-state index contributed by atoms with van der Waals surface area (Å²) in [5.74, 6) is 2.28. The number of benzene rings is 1. The largest absolute Gasteiger partial charge is 0.497 e. The summed E-state index contributed by atoms with van der Waals surface area (Å²) in [7, 11) is 3.17. The van der Waals surface area contributed by atoms with Gasteiger partial charge in [0.05, 0.1) is 14.2 Å². The molecule has 2 rings (SSSR count). The Balaban J connectivity index is 0.00000281. The lowest BCUT2D eigenvalue weighted by atomic mass is 9.78. The lowest BCUT2D eigenvalue weighted by Crippen LogP contribution is -2.15. The molecule has 1 aromatic rings. The van der Waals surface area contributed by atoms with E-state index in [0.29, 0.717) is 12.3 Å². The number of hydrogen-bond donors (Lipinski definition) is 0. The van der Waals surface area contributed by atoms with Gasteiger partial charge in [-0.2, -0.15) is 0 Å². The van der Waals surface area contributed by atoms with Crippen LogP contribution in [0.3, 0.4) is 0 Å². The summed E-state index contributed by atoms with van der Waals surface area (Å²) in [4.78, 5) is 11.2. The summed E-state index contributed by atoms with van der Waals surface area (Å²) in [6.07, 6.45) is 21.9. The first kappa shape index (κ1) is 30.0. The Morgan fingerprint density at radius 1 is 1.09 bits per heavy atom. The Morgan fingerprint density at radius 3 is 2.47 bits per heavy atom. The molecule has 0 aromatic heterocycles. The van der Waals surface area contributed by atoms with Crippen LogP contribution in [0, 0.1) is 17.3 Å². The van der Waals surface area contributed by atoms with Gasteiger partial charge >= 0.3 is 5.97 Å². The highest BCUT2D eigenvalue weighted by atomic mass is 16.5. The zero-order chi connectivity index (χ0) is 25.2. The molecule has 192 valence electrons. The highest BCUT2D eigenvalue weighted by molar-refractivity contribution is 5.69. The Labute approximate surface area is 210 Å². The van der Waals surface area contributed by atoms with Crippen LogP contribution in [0.25, 0.3) is 0 Å². The van der Waals surface area contributed by atoms with Crippen LogP contribution in [-0.2, 0) is 16.0 Å². The molecule has 0 bridgehead atoms. The fraction of sp³-hybridized carbons (Fsp3) is 0.645. The molecule has 3 nitrogen and oxygen atoms in total. The summed E-state index contributed by atoms with van der Waals surface area (Å²) in [5, 5.41) is 0. The van der Waals surface area contributed by atoms with Crippen LogP contribution < -0.4 is 4.74 Å². The normalized spacial score (nSPS) is 19.6. The quantitative estimate of drug-likeness (QED) is 0.155. The molecule has 3 heteroatoms. The average Bonchev–Trinajstić information content (AvgIpc) is 3.32. The second-order valence-corrected chi connectivity index (χ2v) is 9.64. The first-order valence-electron chi connectivity index (χ1n) is 13.5. The third-order valence-corrected chi connectivity index (χ3v) is 7.01. The topological polar surface area (TPSA) is 35.5 Å². The van der Waals surface area contributed by atoms with Gasteiger partial charge in [0, 0.05) is 6.42 Å².